The van der Waals surface area contributed by atoms with Crippen LogP contribution in [-0.2, 0) is 11.2 Å². The number of phenols is 2. The highest BCUT2D eigenvalue weighted by Gasteiger charge is 2.18. The number of carboxylic acids is 1. The second kappa shape index (κ2) is 5.96. The lowest BCUT2D eigenvalue weighted by molar-refractivity contribution is -0.136. The number of hydrogen-bond acceptors (Lipinski definition) is 3. The Morgan fingerprint density at radius 2 is 1.75 bits per heavy atom. The summed E-state index contributed by atoms with van der Waals surface area (Å²) in [4.78, 5) is 10.8. The number of rotatable bonds is 4. The first-order valence-corrected chi connectivity index (χ1v) is 6.80. The van der Waals surface area contributed by atoms with Crippen molar-refractivity contribution in [3.05, 3.63) is 46.4 Å². The van der Waals surface area contributed by atoms with Crippen LogP contribution >= 0.6 is 15.9 Å². The summed E-state index contributed by atoms with van der Waals surface area (Å²) < 4.78 is 0.412. The number of aliphatic carboxylic acids is 1. The number of carbonyl (C=O) groups is 1. The molecule has 0 saturated carbocycles. The molecule has 104 valence electrons. The van der Waals surface area contributed by atoms with Gasteiger partial charge in [-0.2, -0.15) is 0 Å². The highest BCUT2D eigenvalue weighted by atomic mass is 79.9. The summed E-state index contributed by atoms with van der Waals surface area (Å²) in [5.74, 6) is -1.11. The van der Waals surface area contributed by atoms with Crippen LogP contribution in [0.2, 0.25) is 0 Å². The molecule has 5 heteroatoms. The molecule has 0 bridgehead atoms. The van der Waals surface area contributed by atoms with E-state index < -0.39 is 5.97 Å². The molecule has 0 aliphatic rings. The minimum absolute atomic E-state index is 0.0720. The van der Waals surface area contributed by atoms with E-state index in [-0.39, 0.29) is 24.3 Å². The zero-order valence-corrected chi connectivity index (χ0v) is 12.1. The fourth-order valence-corrected chi connectivity index (χ4v) is 2.59. The molecule has 0 amide bonds. The standard InChI is InChI=1S/C15H13BrO4/c16-15-10(6-7-13(19)20)14(11(17)8-12(15)18)9-4-2-1-3-5-9/h1-5,8,17-18H,6-7H2,(H,19,20). The van der Waals surface area contributed by atoms with Crippen LogP contribution in [0.15, 0.2) is 40.9 Å². The van der Waals surface area contributed by atoms with Gasteiger partial charge in [-0.1, -0.05) is 30.3 Å². The molecule has 20 heavy (non-hydrogen) atoms. The Morgan fingerprint density at radius 1 is 1.10 bits per heavy atom. The number of phenolic OH excluding ortho intramolecular Hbond substituents is 2. The van der Waals surface area contributed by atoms with E-state index in [4.69, 9.17) is 5.11 Å². The first-order valence-electron chi connectivity index (χ1n) is 6.01. The molecule has 4 nitrogen and oxygen atoms in total. The third-order valence-corrected chi connectivity index (χ3v) is 3.86. The molecule has 0 saturated heterocycles. The summed E-state index contributed by atoms with van der Waals surface area (Å²) in [6.07, 6.45) is 0.128. The van der Waals surface area contributed by atoms with E-state index in [2.05, 4.69) is 15.9 Å². The predicted molar refractivity (Wildman–Crippen MR) is 78.9 cm³/mol. The molecule has 2 rings (SSSR count). The number of halogens is 1. The lowest BCUT2D eigenvalue weighted by Gasteiger charge is -2.14. The minimum atomic E-state index is -0.932. The van der Waals surface area contributed by atoms with Crippen LogP contribution in [0.1, 0.15) is 12.0 Å². The second-order valence-corrected chi connectivity index (χ2v) is 5.14. The topological polar surface area (TPSA) is 77.8 Å². The van der Waals surface area contributed by atoms with Gasteiger partial charge in [-0.15, -0.1) is 0 Å². The molecule has 0 unspecified atom stereocenters. The average molecular weight is 337 g/mol. The molecule has 0 aromatic heterocycles. The van der Waals surface area contributed by atoms with Gasteiger partial charge in [-0.05, 0) is 33.5 Å². The first kappa shape index (κ1) is 14.4. The first-order chi connectivity index (χ1) is 9.50. The van der Waals surface area contributed by atoms with Gasteiger partial charge in [0.15, 0.2) is 0 Å². The van der Waals surface area contributed by atoms with Gasteiger partial charge in [0.1, 0.15) is 11.5 Å². The lowest BCUT2D eigenvalue weighted by atomic mass is 9.95. The van der Waals surface area contributed by atoms with E-state index in [0.29, 0.717) is 15.6 Å². The Hall–Kier alpha value is -2.01. The number of carboxylic acid groups (broad SMARTS) is 1. The largest absolute Gasteiger partial charge is 0.507 e. The Bertz CT molecular complexity index is 638. The quantitative estimate of drug-likeness (QED) is 0.797. The minimum Gasteiger partial charge on any atom is -0.507 e. The third kappa shape index (κ3) is 2.93. The van der Waals surface area contributed by atoms with Gasteiger partial charge in [0.05, 0.1) is 4.47 Å². The van der Waals surface area contributed by atoms with E-state index in [1.807, 2.05) is 30.3 Å². The molecule has 3 N–H and O–H groups in total. The van der Waals surface area contributed by atoms with Crippen molar-refractivity contribution >= 4 is 21.9 Å². The second-order valence-electron chi connectivity index (χ2n) is 4.34. The van der Waals surface area contributed by atoms with Crippen LogP contribution in [0.4, 0.5) is 0 Å². The maximum absolute atomic E-state index is 10.8. The zero-order valence-electron chi connectivity index (χ0n) is 10.5. The summed E-state index contributed by atoms with van der Waals surface area (Å²) in [5.41, 5.74) is 1.89. The molecule has 0 heterocycles. The number of benzene rings is 2. The predicted octanol–water partition coefficient (Wildman–Crippen LogP) is 3.54. The third-order valence-electron chi connectivity index (χ3n) is 2.97. The monoisotopic (exact) mass is 336 g/mol. The van der Waals surface area contributed by atoms with Gasteiger partial charge in [-0.25, -0.2) is 0 Å². The van der Waals surface area contributed by atoms with Gasteiger partial charge in [-0.3, -0.25) is 4.79 Å². The van der Waals surface area contributed by atoms with Crippen molar-refractivity contribution in [1.82, 2.24) is 0 Å². The van der Waals surface area contributed by atoms with Crippen LogP contribution in [0.3, 0.4) is 0 Å². The molecule has 2 aromatic carbocycles. The highest BCUT2D eigenvalue weighted by Crippen LogP contribution is 2.42. The molecule has 0 radical (unpaired) electrons. The SMILES string of the molecule is O=C(O)CCc1c(Br)c(O)cc(O)c1-c1ccccc1. The van der Waals surface area contributed by atoms with Gasteiger partial charge in [0, 0.05) is 18.1 Å². The molecule has 0 fully saturated rings. The number of hydrogen-bond donors (Lipinski definition) is 3. The van der Waals surface area contributed by atoms with Crippen molar-refractivity contribution < 1.29 is 20.1 Å². The number of aromatic hydroxyl groups is 2. The summed E-state index contributed by atoms with van der Waals surface area (Å²) in [6.45, 7) is 0. The van der Waals surface area contributed by atoms with Crippen molar-refractivity contribution in [2.24, 2.45) is 0 Å². The maximum Gasteiger partial charge on any atom is 0.303 e. The van der Waals surface area contributed by atoms with Gasteiger partial charge < -0.3 is 15.3 Å². The summed E-state index contributed by atoms with van der Waals surface area (Å²) in [7, 11) is 0. The average Bonchev–Trinajstić information content (AvgIpc) is 2.42. The fourth-order valence-electron chi connectivity index (χ4n) is 2.08. The van der Waals surface area contributed by atoms with Crippen molar-refractivity contribution in [2.45, 2.75) is 12.8 Å². The molecular formula is C15H13BrO4. The summed E-state index contributed by atoms with van der Waals surface area (Å²) >= 11 is 3.26. The highest BCUT2D eigenvalue weighted by molar-refractivity contribution is 9.10. The Labute approximate surface area is 124 Å². The fraction of sp³-hybridized carbons (Fsp3) is 0.133. The Kier molecular flexibility index (Phi) is 4.29. The van der Waals surface area contributed by atoms with E-state index in [1.54, 1.807) is 0 Å². The van der Waals surface area contributed by atoms with Gasteiger partial charge in [0.25, 0.3) is 0 Å². The van der Waals surface area contributed by atoms with Crippen LogP contribution in [0.5, 0.6) is 11.5 Å². The van der Waals surface area contributed by atoms with Crippen molar-refractivity contribution in [2.75, 3.05) is 0 Å². The van der Waals surface area contributed by atoms with Crippen molar-refractivity contribution in [3.63, 3.8) is 0 Å². The normalized spacial score (nSPS) is 10.4. The Balaban J connectivity index is 2.59. The smallest absolute Gasteiger partial charge is 0.303 e. The van der Waals surface area contributed by atoms with Crippen molar-refractivity contribution in [1.29, 1.82) is 0 Å². The molecule has 0 aliphatic carbocycles. The van der Waals surface area contributed by atoms with E-state index in [1.165, 1.54) is 6.07 Å². The van der Waals surface area contributed by atoms with E-state index in [9.17, 15) is 15.0 Å². The van der Waals surface area contributed by atoms with Gasteiger partial charge >= 0.3 is 5.97 Å². The maximum atomic E-state index is 10.8. The van der Waals surface area contributed by atoms with Crippen molar-refractivity contribution in [3.8, 4) is 22.6 Å². The molecule has 0 atom stereocenters. The van der Waals surface area contributed by atoms with Crippen LogP contribution in [0, 0.1) is 0 Å². The lowest BCUT2D eigenvalue weighted by Crippen LogP contribution is -2.00. The molecular weight excluding hydrogens is 324 g/mol. The zero-order chi connectivity index (χ0) is 14.7. The van der Waals surface area contributed by atoms with E-state index >= 15 is 0 Å². The van der Waals surface area contributed by atoms with Crippen LogP contribution < -0.4 is 0 Å². The summed E-state index contributed by atoms with van der Waals surface area (Å²) in [6, 6.07) is 10.4. The van der Waals surface area contributed by atoms with E-state index in [0.717, 1.165) is 5.56 Å². The molecule has 0 spiro atoms. The van der Waals surface area contributed by atoms with Crippen LogP contribution in [0.25, 0.3) is 11.1 Å². The summed E-state index contributed by atoms with van der Waals surface area (Å²) in [5, 5.41) is 28.7. The van der Waals surface area contributed by atoms with Gasteiger partial charge in [0.2, 0.25) is 0 Å². The van der Waals surface area contributed by atoms with Crippen LogP contribution in [-0.4, -0.2) is 21.3 Å². The molecule has 2 aromatic rings. The molecule has 0 aliphatic heterocycles. The Morgan fingerprint density at radius 3 is 2.35 bits per heavy atom.